The number of carboxylic acid groups (broad SMARTS) is 1. The fourth-order valence-corrected chi connectivity index (χ4v) is 9.86. The Kier molecular flexibility index (Phi) is 24.9. The molecule has 1 amide bonds. The number of rotatable bonds is 27. The summed E-state index contributed by atoms with van der Waals surface area (Å²) in [5, 5.41) is 41.5. The number of hydrogen-bond donors (Lipinski definition) is 4. The molecule has 2 saturated heterocycles. The van der Waals surface area contributed by atoms with Gasteiger partial charge in [0.2, 0.25) is 5.79 Å². The summed E-state index contributed by atoms with van der Waals surface area (Å²) < 4.78 is 28.7. The maximum atomic E-state index is 13.6. The quantitative estimate of drug-likeness (QED) is 0.0299. The number of carbonyl (C=O) groups is 5. The van der Waals surface area contributed by atoms with E-state index in [0.29, 0.717) is 56.6 Å². The first-order chi connectivity index (χ1) is 32.2. The normalized spacial score (nSPS) is 28.6. The molecule has 4 N–H and O–H groups in total. The van der Waals surface area contributed by atoms with Gasteiger partial charge < -0.3 is 49.0 Å². The van der Waals surface area contributed by atoms with Crippen LogP contribution in [0.15, 0.2) is 59.8 Å². The molecule has 68 heavy (non-hydrogen) atoms. The second-order valence-corrected chi connectivity index (χ2v) is 19.6. The van der Waals surface area contributed by atoms with Crippen molar-refractivity contribution in [1.29, 1.82) is 0 Å². The summed E-state index contributed by atoms with van der Waals surface area (Å²) in [6.45, 7) is 13.3. The van der Waals surface area contributed by atoms with Crippen LogP contribution in [0.3, 0.4) is 0 Å². The molecule has 0 bridgehead atoms. The van der Waals surface area contributed by atoms with Crippen molar-refractivity contribution in [2.75, 3.05) is 41.1 Å². The predicted octanol–water partition coefficient (Wildman–Crippen LogP) is 6.52. The number of nitrogens with zero attached hydrogens (tertiary/aromatic N) is 1. The van der Waals surface area contributed by atoms with E-state index in [1.807, 2.05) is 57.2 Å². The standard InChI is InChI=1S/C53H83NO14/c1-33(16-12-11-13-17-35(3)45(64-8)32-41-22-20-39(7)53(63,68-41)50(59)51(60)54-25-15-14-18-42(54)52(61)62)28-37(5)47(57)49(66-10)48(58)38(6)30-36(4)43(56)23-19-34(2)29-40-21-24-44(67-27-26-55)46(31-40)65-9/h11-13,16-17,19,23,30,33-34,36-37,39-42,44-46,48-49,55,58,63H,14-15,18,20-22,24-29,31-32H2,1-10H3,(H,61,62). The molecule has 14 unspecified atom stereocenters. The monoisotopic (exact) mass is 958 g/mol. The number of hydrogen-bond acceptors (Lipinski definition) is 13. The number of amides is 1. The molecule has 0 radical (unpaired) electrons. The predicted molar refractivity (Wildman–Crippen MR) is 258 cm³/mol. The van der Waals surface area contributed by atoms with Gasteiger partial charge in [-0.15, -0.1) is 0 Å². The van der Waals surface area contributed by atoms with Crippen LogP contribution in [-0.2, 0) is 47.7 Å². The van der Waals surface area contributed by atoms with Crippen LogP contribution in [0.5, 0.6) is 0 Å². The van der Waals surface area contributed by atoms with E-state index in [4.69, 9.17) is 28.8 Å². The van der Waals surface area contributed by atoms with Crippen molar-refractivity contribution in [3.8, 4) is 0 Å². The number of carboxylic acids is 1. The molecule has 2 aliphatic heterocycles. The molecule has 3 aliphatic rings. The average Bonchev–Trinajstić information content (AvgIpc) is 3.32. The van der Waals surface area contributed by atoms with Gasteiger partial charge in [0.05, 0.1) is 37.6 Å². The number of likely N-dealkylation sites (tertiary alicyclic amines) is 1. The lowest BCUT2D eigenvalue weighted by Crippen LogP contribution is -2.60. The van der Waals surface area contributed by atoms with Gasteiger partial charge in [-0.05, 0) is 113 Å². The largest absolute Gasteiger partial charge is 0.480 e. The summed E-state index contributed by atoms with van der Waals surface area (Å²) in [4.78, 5) is 66.2. The molecular formula is C53H83NO14. The van der Waals surface area contributed by atoms with Crippen LogP contribution < -0.4 is 0 Å². The van der Waals surface area contributed by atoms with Crippen LogP contribution in [0.1, 0.15) is 119 Å². The van der Waals surface area contributed by atoms with Gasteiger partial charge in [-0.2, -0.15) is 0 Å². The number of carbonyl (C=O) groups excluding carboxylic acids is 4. The first-order valence-electron chi connectivity index (χ1n) is 24.7. The minimum atomic E-state index is -2.38. The minimum Gasteiger partial charge on any atom is -0.480 e. The van der Waals surface area contributed by atoms with Crippen molar-refractivity contribution in [2.45, 2.75) is 168 Å². The van der Waals surface area contributed by atoms with Gasteiger partial charge in [-0.3, -0.25) is 19.2 Å². The van der Waals surface area contributed by atoms with Crippen molar-refractivity contribution < 1.29 is 68.1 Å². The van der Waals surface area contributed by atoms with E-state index >= 15 is 0 Å². The lowest BCUT2D eigenvalue weighted by molar-refractivity contribution is -0.265. The van der Waals surface area contributed by atoms with Crippen LogP contribution in [0.4, 0.5) is 0 Å². The van der Waals surface area contributed by atoms with Crippen LogP contribution in [-0.4, -0.2) is 144 Å². The number of aliphatic carboxylic acids is 1. The van der Waals surface area contributed by atoms with E-state index in [-0.39, 0.29) is 55.2 Å². The third kappa shape index (κ3) is 17.0. The Bertz CT molecular complexity index is 1810. The van der Waals surface area contributed by atoms with E-state index in [9.17, 15) is 39.3 Å². The highest BCUT2D eigenvalue weighted by molar-refractivity contribution is 6.39. The zero-order chi connectivity index (χ0) is 50.7. The van der Waals surface area contributed by atoms with Crippen LogP contribution in [0, 0.1) is 35.5 Å². The number of aliphatic hydroxyl groups excluding tert-OH is 2. The highest BCUT2D eigenvalue weighted by atomic mass is 16.6. The number of allylic oxidation sites excluding steroid dienone is 8. The average molecular weight is 958 g/mol. The molecule has 0 aromatic carbocycles. The van der Waals surface area contributed by atoms with Crippen molar-refractivity contribution in [3.63, 3.8) is 0 Å². The zero-order valence-electron chi connectivity index (χ0n) is 42.3. The number of ketones is 3. The molecule has 2 heterocycles. The molecular weight excluding hydrogens is 875 g/mol. The number of aliphatic hydroxyl groups is 3. The molecule has 1 aliphatic carbocycles. The third-order valence-electron chi connectivity index (χ3n) is 14.1. The molecule has 15 heteroatoms. The van der Waals surface area contributed by atoms with E-state index in [0.717, 1.165) is 36.2 Å². The van der Waals surface area contributed by atoms with E-state index < -0.39 is 71.7 Å². The van der Waals surface area contributed by atoms with E-state index in [1.54, 1.807) is 47.1 Å². The Labute approximate surface area is 405 Å². The highest BCUT2D eigenvalue weighted by Gasteiger charge is 2.52. The molecule has 14 atom stereocenters. The van der Waals surface area contributed by atoms with Gasteiger partial charge in [0.15, 0.2) is 11.6 Å². The molecule has 3 rings (SSSR count). The fraction of sp³-hybridized carbons (Fsp3) is 0.717. The first kappa shape index (κ1) is 58.6. The van der Waals surface area contributed by atoms with Gasteiger partial charge in [-0.25, -0.2) is 4.79 Å². The van der Waals surface area contributed by atoms with E-state index in [1.165, 1.54) is 7.11 Å². The van der Waals surface area contributed by atoms with Gasteiger partial charge >= 0.3 is 5.97 Å². The topological polar surface area (TPSA) is 216 Å². The first-order valence-corrected chi connectivity index (χ1v) is 24.7. The van der Waals surface area contributed by atoms with Crippen molar-refractivity contribution >= 4 is 29.2 Å². The zero-order valence-corrected chi connectivity index (χ0v) is 42.3. The Morgan fingerprint density at radius 2 is 1.57 bits per heavy atom. The summed E-state index contributed by atoms with van der Waals surface area (Å²) in [5.74, 6) is -7.06. The van der Waals surface area contributed by atoms with Gasteiger partial charge in [0.25, 0.3) is 11.7 Å². The SMILES string of the molecule is COC(CC1CCC(C)C(O)(C(=O)C(=O)N2CCCCC2C(=O)O)O1)C(C)=CC=CC=CC(C)CC(C)C(=O)C(OC)C(O)C(C)=CC(C)C(=O)C=CC(C)CC1CCC(OCCO)C(OC)C1. The van der Waals surface area contributed by atoms with Crippen LogP contribution >= 0.6 is 0 Å². The molecule has 0 aromatic rings. The maximum Gasteiger partial charge on any atom is 0.326 e. The Morgan fingerprint density at radius 3 is 2.22 bits per heavy atom. The Hall–Kier alpha value is -3.67. The lowest BCUT2D eigenvalue weighted by Gasteiger charge is -2.42. The molecule has 0 spiro atoms. The summed E-state index contributed by atoms with van der Waals surface area (Å²) in [6.07, 6.45) is 18.2. The maximum absolute atomic E-state index is 13.6. The molecule has 3 fully saturated rings. The van der Waals surface area contributed by atoms with Crippen LogP contribution in [0.25, 0.3) is 0 Å². The number of methoxy groups -OCH3 is 3. The summed E-state index contributed by atoms with van der Waals surface area (Å²) in [5.41, 5.74) is 1.35. The number of ether oxygens (including phenoxy) is 5. The Balaban J connectivity index is 1.50. The molecule has 384 valence electrons. The van der Waals surface area contributed by atoms with Gasteiger partial charge in [-0.1, -0.05) is 77.2 Å². The number of piperidine rings is 1. The smallest absolute Gasteiger partial charge is 0.326 e. The van der Waals surface area contributed by atoms with Gasteiger partial charge in [0.1, 0.15) is 18.2 Å². The second kappa shape index (κ2) is 28.9. The molecule has 0 aromatic heterocycles. The Morgan fingerprint density at radius 1 is 0.853 bits per heavy atom. The second-order valence-electron chi connectivity index (χ2n) is 19.6. The highest BCUT2D eigenvalue weighted by Crippen LogP contribution is 2.37. The van der Waals surface area contributed by atoms with Crippen molar-refractivity contribution in [3.05, 3.63) is 59.8 Å². The van der Waals surface area contributed by atoms with Crippen molar-refractivity contribution in [2.24, 2.45) is 35.5 Å². The summed E-state index contributed by atoms with van der Waals surface area (Å²) in [7, 11) is 4.64. The minimum absolute atomic E-state index is 0.0138. The van der Waals surface area contributed by atoms with Gasteiger partial charge in [0, 0.05) is 52.0 Å². The van der Waals surface area contributed by atoms with Crippen molar-refractivity contribution in [1.82, 2.24) is 4.90 Å². The van der Waals surface area contributed by atoms with E-state index in [2.05, 4.69) is 6.92 Å². The molecule has 15 nitrogen and oxygen atoms in total. The summed E-state index contributed by atoms with van der Waals surface area (Å²) in [6, 6.07) is -1.12. The third-order valence-corrected chi connectivity index (χ3v) is 14.1. The number of Topliss-reactive ketones (excluding diaryl/α,β-unsaturated/α-hetero) is 2. The van der Waals surface area contributed by atoms with Crippen LogP contribution in [0.2, 0.25) is 0 Å². The fourth-order valence-electron chi connectivity index (χ4n) is 9.86. The summed E-state index contributed by atoms with van der Waals surface area (Å²) >= 11 is 0. The molecule has 1 saturated carbocycles. The lowest BCUT2D eigenvalue weighted by atomic mass is 9.80.